The van der Waals surface area contributed by atoms with E-state index in [2.05, 4.69) is 0 Å². The van der Waals surface area contributed by atoms with Crippen LogP contribution in [0.3, 0.4) is 0 Å². The molecular weight excluding hydrogens is 454 g/mol. The third kappa shape index (κ3) is 4.64. The van der Waals surface area contributed by atoms with E-state index in [-0.39, 0.29) is 11.7 Å². The highest BCUT2D eigenvalue weighted by atomic mass is 16.5. The number of para-hydroxylation sites is 1. The Bertz CT molecular complexity index is 1340. The molecule has 5 rings (SSSR count). The Balaban J connectivity index is 1.45. The molecule has 0 aliphatic carbocycles. The summed E-state index contributed by atoms with van der Waals surface area (Å²) in [4.78, 5) is 15.7. The first-order valence-electron chi connectivity index (χ1n) is 12.0. The van der Waals surface area contributed by atoms with Crippen molar-refractivity contribution in [3.8, 4) is 34.2 Å². The van der Waals surface area contributed by atoms with Gasteiger partial charge in [-0.05, 0) is 66.8 Å². The molecule has 0 radical (unpaired) electrons. The molecule has 1 amide bonds. The average Bonchev–Trinajstić information content (AvgIpc) is 3.39. The van der Waals surface area contributed by atoms with Gasteiger partial charge in [-0.15, -0.1) is 0 Å². The molecular formula is C29H29N3O4. The second-order valence-electron chi connectivity index (χ2n) is 8.90. The Morgan fingerprint density at radius 3 is 2.28 bits per heavy atom. The van der Waals surface area contributed by atoms with Crippen LogP contribution in [-0.4, -0.2) is 53.0 Å². The van der Waals surface area contributed by atoms with Crippen LogP contribution < -0.4 is 9.47 Å². The third-order valence-corrected chi connectivity index (χ3v) is 6.77. The van der Waals surface area contributed by atoms with E-state index >= 15 is 0 Å². The molecule has 36 heavy (non-hydrogen) atoms. The summed E-state index contributed by atoms with van der Waals surface area (Å²) in [6.45, 7) is 1.32. The van der Waals surface area contributed by atoms with Gasteiger partial charge in [0.25, 0.3) is 5.91 Å². The van der Waals surface area contributed by atoms with E-state index < -0.39 is 0 Å². The number of hydrogen-bond donors (Lipinski definition) is 1. The number of hydrogen-bond acceptors (Lipinski definition) is 5. The molecule has 0 saturated carbocycles. The Morgan fingerprint density at radius 1 is 0.917 bits per heavy atom. The number of aromatic hydroxyl groups is 1. The number of piperidine rings is 1. The summed E-state index contributed by atoms with van der Waals surface area (Å²) < 4.78 is 12.6. The molecule has 184 valence electrons. The third-order valence-electron chi connectivity index (χ3n) is 6.77. The summed E-state index contributed by atoms with van der Waals surface area (Å²) >= 11 is 0. The van der Waals surface area contributed by atoms with Crippen LogP contribution in [0, 0.1) is 0 Å². The topological polar surface area (TPSA) is 76.8 Å². The number of benzene rings is 3. The van der Waals surface area contributed by atoms with Gasteiger partial charge in [-0.3, -0.25) is 4.79 Å². The largest absolute Gasteiger partial charge is 0.508 e. The average molecular weight is 484 g/mol. The monoisotopic (exact) mass is 483 g/mol. The summed E-state index contributed by atoms with van der Waals surface area (Å²) in [5.74, 6) is 1.80. The van der Waals surface area contributed by atoms with Crippen molar-refractivity contribution in [2.75, 3.05) is 27.3 Å². The number of methoxy groups -OCH3 is 2. The molecule has 0 bridgehead atoms. The molecule has 0 spiro atoms. The quantitative estimate of drug-likeness (QED) is 0.404. The Labute approximate surface area is 210 Å². The van der Waals surface area contributed by atoms with Gasteiger partial charge in [0.05, 0.1) is 25.5 Å². The summed E-state index contributed by atoms with van der Waals surface area (Å²) in [7, 11) is 3.19. The van der Waals surface area contributed by atoms with Crippen molar-refractivity contribution in [1.29, 1.82) is 0 Å². The van der Waals surface area contributed by atoms with Crippen LogP contribution in [0.25, 0.3) is 16.9 Å². The Morgan fingerprint density at radius 2 is 1.61 bits per heavy atom. The van der Waals surface area contributed by atoms with Crippen molar-refractivity contribution < 1.29 is 19.4 Å². The van der Waals surface area contributed by atoms with Crippen LogP contribution in [0.15, 0.2) is 79.0 Å². The molecule has 0 atom stereocenters. The number of carbonyl (C=O) groups is 1. The zero-order chi connectivity index (χ0) is 25.1. The first-order chi connectivity index (χ1) is 17.6. The standard InChI is InChI=1S/C29H29N3O4/c1-35-26-13-10-22(18-27(26)36-2)28-25(19-32(30-28)23-6-4-3-5-7-23)29(34)31-16-14-21(15-17-31)20-8-11-24(33)12-9-20/h3-13,18-19,21,33H,14-17H2,1-2H3. The van der Waals surface area contributed by atoms with Gasteiger partial charge >= 0.3 is 0 Å². The molecule has 2 heterocycles. The van der Waals surface area contributed by atoms with Gasteiger partial charge in [0.15, 0.2) is 11.5 Å². The van der Waals surface area contributed by atoms with Gasteiger partial charge in [-0.1, -0.05) is 30.3 Å². The predicted octanol–water partition coefficient (Wildman–Crippen LogP) is 5.28. The lowest BCUT2D eigenvalue weighted by molar-refractivity contribution is 0.0713. The molecule has 1 aliphatic rings. The van der Waals surface area contributed by atoms with Crippen LogP contribution in [0.1, 0.15) is 34.7 Å². The zero-order valence-corrected chi connectivity index (χ0v) is 20.4. The first kappa shape index (κ1) is 23.5. The lowest BCUT2D eigenvalue weighted by Crippen LogP contribution is -2.38. The smallest absolute Gasteiger partial charge is 0.257 e. The van der Waals surface area contributed by atoms with Crippen LogP contribution >= 0.6 is 0 Å². The Kier molecular flexibility index (Phi) is 6.62. The second kappa shape index (κ2) is 10.2. The van der Waals surface area contributed by atoms with Crippen molar-refractivity contribution in [3.05, 3.63) is 90.1 Å². The normalized spacial score (nSPS) is 14.0. The summed E-state index contributed by atoms with van der Waals surface area (Å²) in [5, 5.41) is 14.4. The van der Waals surface area contributed by atoms with Gasteiger partial charge in [0, 0.05) is 24.8 Å². The molecule has 7 nitrogen and oxygen atoms in total. The molecule has 7 heteroatoms. The van der Waals surface area contributed by atoms with E-state index in [4.69, 9.17) is 14.6 Å². The van der Waals surface area contributed by atoms with Crippen molar-refractivity contribution in [2.45, 2.75) is 18.8 Å². The number of ether oxygens (including phenoxy) is 2. The Hall–Kier alpha value is -4.26. The van der Waals surface area contributed by atoms with Gasteiger partial charge in [0.2, 0.25) is 0 Å². The number of phenolic OH excluding ortho intramolecular Hbond substituents is 1. The minimum Gasteiger partial charge on any atom is -0.508 e. The van der Waals surface area contributed by atoms with Gasteiger partial charge < -0.3 is 19.5 Å². The van der Waals surface area contributed by atoms with E-state index in [1.54, 1.807) is 31.0 Å². The molecule has 1 fully saturated rings. The van der Waals surface area contributed by atoms with E-state index in [0.29, 0.717) is 41.8 Å². The minimum atomic E-state index is -0.0360. The molecule has 3 aromatic carbocycles. The zero-order valence-electron chi connectivity index (χ0n) is 20.4. The fourth-order valence-corrected chi connectivity index (χ4v) is 4.77. The number of carbonyl (C=O) groups excluding carboxylic acids is 1. The maximum absolute atomic E-state index is 13.8. The lowest BCUT2D eigenvalue weighted by atomic mass is 9.89. The molecule has 0 unspecified atom stereocenters. The summed E-state index contributed by atoms with van der Waals surface area (Å²) in [6, 6.07) is 22.7. The van der Waals surface area contributed by atoms with Crippen molar-refractivity contribution in [2.24, 2.45) is 0 Å². The number of phenols is 1. The highest BCUT2D eigenvalue weighted by molar-refractivity contribution is 6.00. The van der Waals surface area contributed by atoms with Crippen LogP contribution in [0.4, 0.5) is 0 Å². The van der Waals surface area contributed by atoms with E-state index in [1.165, 1.54) is 5.56 Å². The predicted molar refractivity (Wildman–Crippen MR) is 138 cm³/mol. The highest BCUT2D eigenvalue weighted by Crippen LogP contribution is 2.35. The van der Waals surface area contributed by atoms with Gasteiger partial charge in [-0.25, -0.2) is 4.68 Å². The first-order valence-corrected chi connectivity index (χ1v) is 12.0. The highest BCUT2D eigenvalue weighted by Gasteiger charge is 2.28. The molecule has 1 N–H and O–H groups in total. The van der Waals surface area contributed by atoms with E-state index in [0.717, 1.165) is 24.1 Å². The number of rotatable bonds is 6. The molecule has 1 saturated heterocycles. The number of amides is 1. The number of nitrogens with zero attached hydrogens (tertiary/aromatic N) is 3. The minimum absolute atomic E-state index is 0.0360. The van der Waals surface area contributed by atoms with Crippen molar-refractivity contribution in [3.63, 3.8) is 0 Å². The van der Waals surface area contributed by atoms with Gasteiger partial charge in [0.1, 0.15) is 11.4 Å². The van der Waals surface area contributed by atoms with Crippen LogP contribution in [0.5, 0.6) is 17.2 Å². The molecule has 4 aromatic rings. The fraction of sp³-hybridized carbons (Fsp3) is 0.241. The molecule has 1 aliphatic heterocycles. The van der Waals surface area contributed by atoms with Crippen molar-refractivity contribution in [1.82, 2.24) is 14.7 Å². The van der Waals surface area contributed by atoms with Gasteiger partial charge in [-0.2, -0.15) is 5.10 Å². The van der Waals surface area contributed by atoms with Crippen molar-refractivity contribution >= 4 is 5.91 Å². The number of likely N-dealkylation sites (tertiary alicyclic amines) is 1. The van der Waals surface area contributed by atoms with E-state index in [1.807, 2.05) is 71.8 Å². The fourth-order valence-electron chi connectivity index (χ4n) is 4.77. The maximum atomic E-state index is 13.8. The summed E-state index contributed by atoms with van der Waals surface area (Å²) in [6.07, 6.45) is 3.56. The van der Waals surface area contributed by atoms with Crippen LogP contribution in [0.2, 0.25) is 0 Å². The number of aromatic nitrogens is 2. The second-order valence-corrected chi connectivity index (χ2v) is 8.90. The summed E-state index contributed by atoms with van der Waals surface area (Å²) in [5.41, 5.74) is 4.01. The molecule has 1 aromatic heterocycles. The van der Waals surface area contributed by atoms with Crippen LogP contribution in [-0.2, 0) is 0 Å². The SMILES string of the molecule is COc1ccc(-c2nn(-c3ccccc3)cc2C(=O)N2CCC(c3ccc(O)cc3)CC2)cc1OC. The lowest BCUT2D eigenvalue weighted by Gasteiger charge is -2.32. The maximum Gasteiger partial charge on any atom is 0.257 e. The van der Waals surface area contributed by atoms with E-state index in [9.17, 15) is 9.90 Å².